The Hall–Kier alpha value is -5.51. The maximum absolute atomic E-state index is 5.38. The first-order valence-corrected chi connectivity index (χ1v) is 15.7. The first-order valence-electron chi connectivity index (χ1n) is 14.9. The summed E-state index contributed by atoms with van der Waals surface area (Å²) in [5, 5.41) is 5.07. The number of benzene rings is 6. The van der Waals surface area contributed by atoms with Crippen molar-refractivity contribution in [3.05, 3.63) is 158 Å². The standard InChI is InChI=1S/C41H26N2S/c1-3-12-27(13-4-1)29-24-36(42-37(25-29)35-19-11-18-34-33-17-8-10-21-40(33)44-41(34)35)28-22-23-32-31-16-7-9-20-38(31)43(39(32)26-28)30-14-5-2-6-15-30/h1-26H. The van der Waals surface area contributed by atoms with Crippen molar-refractivity contribution in [3.63, 3.8) is 0 Å². The van der Waals surface area contributed by atoms with Crippen LogP contribution < -0.4 is 0 Å². The van der Waals surface area contributed by atoms with Crippen molar-refractivity contribution < 1.29 is 0 Å². The topological polar surface area (TPSA) is 17.8 Å². The van der Waals surface area contributed by atoms with Crippen LogP contribution in [-0.2, 0) is 0 Å². The molecule has 0 amide bonds. The summed E-state index contributed by atoms with van der Waals surface area (Å²) in [6.07, 6.45) is 0. The van der Waals surface area contributed by atoms with E-state index in [1.807, 2.05) is 11.3 Å². The van der Waals surface area contributed by atoms with Gasteiger partial charge in [-0.15, -0.1) is 11.3 Å². The Labute approximate surface area is 259 Å². The van der Waals surface area contributed by atoms with E-state index in [2.05, 4.69) is 162 Å². The largest absolute Gasteiger partial charge is 0.309 e. The lowest BCUT2D eigenvalue weighted by Crippen LogP contribution is -1.94. The van der Waals surface area contributed by atoms with Gasteiger partial charge in [0, 0.05) is 47.8 Å². The van der Waals surface area contributed by atoms with Crippen LogP contribution in [0.5, 0.6) is 0 Å². The molecule has 0 fully saturated rings. The highest BCUT2D eigenvalue weighted by molar-refractivity contribution is 7.26. The van der Waals surface area contributed by atoms with Crippen molar-refractivity contribution in [2.45, 2.75) is 0 Å². The molecule has 44 heavy (non-hydrogen) atoms. The lowest BCUT2D eigenvalue weighted by atomic mass is 9.99. The van der Waals surface area contributed by atoms with Crippen LogP contribution in [0.3, 0.4) is 0 Å². The molecule has 0 unspecified atom stereocenters. The predicted octanol–water partition coefficient (Wildman–Crippen LogP) is 11.5. The third-order valence-electron chi connectivity index (χ3n) is 8.60. The predicted molar refractivity (Wildman–Crippen MR) is 188 cm³/mol. The van der Waals surface area contributed by atoms with E-state index in [4.69, 9.17) is 4.98 Å². The molecule has 0 spiro atoms. The second kappa shape index (κ2) is 10.0. The number of hydrogen-bond donors (Lipinski definition) is 0. The number of rotatable bonds is 4. The van der Waals surface area contributed by atoms with Crippen LogP contribution in [0.25, 0.3) is 81.3 Å². The highest BCUT2D eigenvalue weighted by Crippen LogP contribution is 2.41. The summed E-state index contributed by atoms with van der Waals surface area (Å²) in [5.74, 6) is 0. The lowest BCUT2D eigenvalue weighted by molar-refractivity contribution is 1.18. The van der Waals surface area contributed by atoms with Gasteiger partial charge in [-0.1, -0.05) is 115 Å². The normalized spacial score (nSPS) is 11.6. The molecule has 6 aromatic carbocycles. The molecular formula is C41H26N2S. The lowest BCUT2D eigenvalue weighted by Gasteiger charge is -2.12. The van der Waals surface area contributed by atoms with Crippen LogP contribution in [-0.4, -0.2) is 9.55 Å². The molecule has 0 bridgehead atoms. The van der Waals surface area contributed by atoms with Crippen molar-refractivity contribution >= 4 is 53.3 Å². The van der Waals surface area contributed by atoms with Gasteiger partial charge >= 0.3 is 0 Å². The van der Waals surface area contributed by atoms with Crippen molar-refractivity contribution in [1.29, 1.82) is 0 Å². The maximum Gasteiger partial charge on any atom is 0.0730 e. The first kappa shape index (κ1) is 25.0. The molecule has 206 valence electrons. The minimum Gasteiger partial charge on any atom is -0.309 e. The average Bonchev–Trinajstić information content (AvgIpc) is 3.64. The van der Waals surface area contributed by atoms with Gasteiger partial charge in [0.2, 0.25) is 0 Å². The SMILES string of the molecule is c1ccc(-c2cc(-c3ccc4c5ccccc5n(-c5ccccc5)c4c3)nc(-c3cccc4c3sc3ccccc34)c2)cc1. The van der Waals surface area contributed by atoms with Gasteiger partial charge in [0.1, 0.15) is 0 Å². The molecule has 0 aliphatic rings. The summed E-state index contributed by atoms with van der Waals surface area (Å²) in [6.45, 7) is 0. The number of fused-ring (bicyclic) bond motifs is 6. The Kier molecular flexibility index (Phi) is 5.71. The monoisotopic (exact) mass is 578 g/mol. The molecule has 2 nitrogen and oxygen atoms in total. The van der Waals surface area contributed by atoms with Crippen LogP contribution >= 0.6 is 11.3 Å². The van der Waals surface area contributed by atoms with Gasteiger partial charge in [0.25, 0.3) is 0 Å². The number of pyridine rings is 1. The molecule has 0 aliphatic heterocycles. The minimum absolute atomic E-state index is 0.964. The van der Waals surface area contributed by atoms with Gasteiger partial charge < -0.3 is 4.57 Å². The van der Waals surface area contributed by atoms with Gasteiger partial charge in [0.15, 0.2) is 0 Å². The number of nitrogens with zero attached hydrogens (tertiary/aromatic N) is 2. The number of para-hydroxylation sites is 2. The van der Waals surface area contributed by atoms with Gasteiger partial charge in [-0.25, -0.2) is 4.98 Å². The van der Waals surface area contributed by atoms with Crippen molar-refractivity contribution in [1.82, 2.24) is 9.55 Å². The third kappa shape index (κ3) is 3.98. The smallest absolute Gasteiger partial charge is 0.0730 e. The Morgan fingerprint density at radius 1 is 0.432 bits per heavy atom. The Balaban J connectivity index is 1.31. The van der Waals surface area contributed by atoms with Gasteiger partial charge in [-0.2, -0.15) is 0 Å². The van der Waals surface area contributed by atoms with Gasteiger partial charge in [-0.05, 0) is 53.6 Å². The molecule has 9 rings (SSSR count). The zero-order chi connectivity index (χ0) is 29.0. The highest BCUT2D eigenvalue weighted by atomic mass is 32.1. The Bertz CT molecular complexity index is 2490. The van der Waals surface area contributed by atoms with Crippen molar-refractivity contribution in [2.24, 2.45) is 0 Å². The fraction of sp³-hybridized carbons (Fsp3) is 0. The molecule has 3 heteroatoms. The maximum atomic E-state index is 5.38. The summed E-state index contributed by atoms with van der Waals surface area (Å²) < 4.78 is 4.94. The Morgan fingerprint density at radius 3 is 1.98 bits per heavy atom. The molecule has 0 N–H and O–H groups in total. The summed E-state index contributed by atoms with van der Waals surface area (Å²) in [7, 11) is 0. The summed E-state index contributed by atoms with van der Waals surface area (Å²) >= 11 is 1.85. The summed E-state index contributed by atoms with van der Waals surface area (Å²) in [4.78, 5) is 5.38. The van der Waals surface area contributed by atoms with Crippen molar-refractivity contribution in [2.75, 3.05) is 0 Å². The summed E-state index contributed by atoms with van der Waals surface area (Å²) in [5.41, 5.74) is 10.1. The van der Waals surface area contributed by atoms with E-state index in [1.54, 1.807) is 0 Å². The van der Waals surface area contributed by atoms with Gasteiger partial charge in [-0.3, -0.25) is 0 Å². The van der Waals surface area contributed by atoms with E-state index in [9.17, 15) is 0 Å². The van der Waals surface area contributed by atoms with E-state index in [-0.39, 0.29) is 0 Å². The van der Waals surface area contributed by atoms with Crippen LogP contribution in [0.2, 0.25) is 0 Å². The van der Waals surface area contributed by atoms with E-state index < -0.39 is 0 Å². The van der Waals surface area contributed by atoms with E-state index in [1.165, 1.54) is 53.1 Å². The Morgan fingerprint density at radius 2 is 1.11 bits per heavy atom. The van der Waals surface area contributed by atoms with E-state index in [0.29, 0.717) is 0 Å². The molecular weight excluding hydrogens is 553 g/mol. The summed E-state index contributed by atoms with van der Waals surface area (Å²) in [6, 6.07) is 56.5. The molecule has 9 aromatic rings. The molecule has 0 atom stereocenters. The average molecular weight is 579 g/mol. The van der Waals surface area contributed by atoms with Crippen LogP contribution in [0.4, 0.5) is 0 Å². The molecule has 3 aromatic heterocycles. The third-order valence-corrected chi connectivity index (χ3v) is 9.82. The van der Waals surface area contributed by atoms with Crippen LogP contribution in [0.1, 0.15) is 0 Å². The van der Waals surface area contributed by atoms with E-state index >= 15 is 0 Å². The van der Waals surface area contributed by atoms with Crippen LogP contribution in [0.15, 0.2) is 158 Å². The molecule has 0 aliphatic carbocycles. The molecule has 0 radical (unpaired) electrons. The first-order chi connectivity index (χ1) is 21.8. The molecule has 0 saturated heterocycles. The zero-order valence-electron chi connectivity index (χ0n) is 23.8. The highest BCUT2D eigenvalue weighted by Gasteiger charge is 2.17. The number of hydrogen-bond acceptors (Lipinski definition) is 2. The number of aromatic nitrogens is 2. The fourth-order valence-corrected chi connectivity index (χ4v) is 7.77. The van der Waals surface area contributed by atoms with Crippen molar-refractivity contribution in [3.8, 4) is 39.3 Å². The number of thiophene rings is 1. The second-order valence-electron chi connectivity index (χ2n) is 11.2. The van der Waals surface area contributed by atoms with Gasteiger partial charge in [0.05, 0.1) is 22.4 Å². The second-order valence-corrected chi connectivity index (χ2v) is 12.2. The minimum atomic E-state index is 0.964. The molecule has 0 saturated carbocycles. The quantitative estimate of drug-likeness (QED) is 0.203. The van der Waals surface area contributed by atoms with E-state index in [0.717, 1.165) is 28.2 Å². The zero-order valence-corrected chi connectivity index (χ0v) is 24.6. The van der Waals surface area contributed by atoms with Crippen LogP contribution in [0, 0.1) is 0 Å². The molecule has 3 heterocycles. The fourth-order valence-electron chi connectivity index (χ4n) is 6.55.